The van der Waals surface area contributed by atoms with Crippen LogP contribution in [0.5, 0.6) is 11.5 Å². The molecule has 3 aromatic rings. The van der Waals surface area contributed by atoms with E-state index in [4.69, 9.17) is 8.85 Å². The van der Waals surface area contributed by atoms with E-state index in [-0.39, 0.29) is 23.2 Å². The Kier molecular flexibility index (Phi) is 4.22. The van der Waals surface area contributed by atoms with Crippen molar-refractivity contribution in [2.75, 3.05) is 14.0 Å². The molecule has 1 aliphatic rings. The molecule has 166 valence electrons. The summed E-state index contributed by atoms with van der Waals surface area (Å²) in [6, 6.07) is 5.60. The molecular weight excluding hydrogens is 419 g/mol. The third kappa shape index (κ3) is 3.24. The quantitative estimate of drug-likeness (QED) is 0.555. The van der Waals surface area contributed by atoms with Crippen molar-refractivity contribution in [1.82, 2.24) is 20.2 Å². The van der Waals surface area contributed by atoms with Crippen LogP contribution in [0.25, 0.3) is 11.0 Å². The smallest absolute Gasteiger partial charge is 0.268 e. The van der Waals surface area contributed by atoms with E-state index in [1.54, 1.807) is 0 Å². The van der Waals surface area contributed by atoms with Crippen molar-refractivity contribution in [2.45, 2.75) is 25.5 Å². The molecule has 1 atom stereocenters. The first-order valence-corrected chi connectivity index (χ1v) is 9.60. The van der Waals surface area contributed by atoms with Crippen molar-refractivity contribution in [3.8, 4) is 11.5 Å². The molecule has 0 bridgehead atoms. The summed E-state index contributed by atoms with van der Waals surface area (Å²) in [4.78, 5) is 42.8. The van der Waals surface area contributed by atoms with Gasteiger partial charge in [0.05, 0.1) is 6.54 Å². The number of aromatic hydroxyl groups is 1. The van der Waals surface area contributed by atoms with Crippen molar-refractivity contribution >= 4 is 22.8 Å². The van der Waals surface area contributed by atoms with E-state index in [0.29, 0.717) is 11.1 Å². The van der Waals surface area contributed by atoms with Crippen LogP contribution in [0, 0.1) is 5.82 Å². The monoisotopic (exact) mass is 443 g/mol. The molecule has 0 saturated heterocycles. The number of nitrogens with zero attached hydrogens (tertiary/aromatic N) is 2. The maximum atomic E-state index is 13.4. The maximum Gasteiger partial charge on any atom is 0.268 e. The average molecular weight is 443 g/mol. The molecule has 3 N–H and O–H groups in total. The second-order valence-corrected chi connectivity index (χ2v) is 7.59. The topological polar surface area (TPSA) is 123 Å². The number of likely N-dealkylation sites (N-methyl/N-ethyl adjacent to an activating group) is 1. The summed E-state index contributed by atoms with van der Waals surface area (Å²) < 4.78 is 42.6. The highest BCUT2D eigenvalue weighted by Crippen LogP contribution is 2.40. The van der Waals surface area contributed by atoms with Gasteiger partial charge >= 0.3 is 0 Å². The van der Waals surface area contributed by atoms with Crippen molar-refractivity contribution in [2.24, 2.45) is 0 Å². The Balaban J connectivity index is 1.97. The normalized spacial score (nSPS) is 18.8. The Morgan fingerprint density at radius 1 is 1.34 bits per heavy atom. The number of amides is 2. The molecule has 1 aliphatic heterocycles. The molecule has 0 radical (unpaired) electrons. The minimum atomic E-state index is -2.82. The van der Waals surface area contributed by atoms with Gasteiger partial charge in [-0.05, 0) is 24.6 Å². The fourth-order valence-corrected chi connectivity index (χ4v) is 3.75. The Hall–Kier alpha value is -3.95. The molecule has 4 rings (SSSR count). The predicted octanol–water partition coefficient (Wildman–Crippen LogP) is 1.09. The summed E-state index contributed by atoms with van der Waals surface area (Å²) in [5.74, 6) is -2.96. The number of carbonyl (C=O) groups excluding carboxylic acids is 2. The van der Waals surface area contributed by atoms with Gasteiger partial charge < -0.3 is 20.5 Å². The minimum Gasteiger partial charge on any atom is -0.505 e. The standard InChI is InChI=1S/C22H21FN4O5/c1-22(21(31)25-3)10-27-16-15(17(28)14(20(27)30)19(29)24-2)26-9-12(18(16)32-22)8-11-4-6-13(23)7-5-11/h4-7,9,28H,8,10H2,1-3H3,(H,24,29)(H,25,31)/t22-/m1/s1/i3D3. The van der Waals surface area contributed by atoms with Crippen molar-refractivity contribution in [3.63, 3.8) is 0 Å². The largest absolute Gasteiger partial charge is 0.505 e. The van der Waals surface area contributed by atoms with Crippen LogP contribution in [-0.2, 0) is 17.8 Å². The number of nitrogens with one attached hydrogen (secondary N) is 2. The van der Waals surface area contributed by atoms with Crippen LogP contribution in [-0.4, -0.2) is 46.1 Å². The van der Waals surface area contributed by atoms with Gasteiger partial charge in [-0.3, -0.25) is 23.9 Å². The lowest BCUT2D eigenvalue weighted by Crippen LogP contribution is -2.54. The van der Waals surface area contributed by atoms with Crippen LogP contribution in [0.15, 0.2) is 35.3 Å². The third-order valence-corrected chi connectivity index (χ3v) is 5.41. The number of benzene rings is 1. The molecule has 2 aromatic heterocycles. The first kappa shape index (κ1) is 17.7. The molecule has 0 spiro atoms. The predicted molar refractivity (Wildman–Crippen MR) is 113 cm³/mol. The molecule has 0 saturated carbocycles. The van der Waals surface area contributed by atoms with E-state index >= 15 is 0 Å². The van der Waals surface area contributed by atoms with Crippen molar-refractivity contribution in [1.29, 1.82) is 0 Å². The van der Waals surface area contributed by atoms with Crippen LogP contribution in [0.1, 0.15) is 32.5 Å². The summed E-state index contributed by atoms with van der Waals surface area (Å²) in [5, 5.41) is 14.9. The molecule has 1 aromatic carbocycles. The highest BCUT2D eigenvalue weighted by molar-refractivity contribution is 6.02. The van der Waals surface area contributed by atoms with E-state index in [0.717, 1.165) is 4.57 Å². The first-order valence-electron chi connectivity index (χ1n) is 11.1. The lowest BCUT2D eigenvalue weighted by atomic mass is 9.98. The number of ether oxygens (including phenoxy) is 1. The van der Waals surface area contributed by atoms with Gasteiger partial charge in [-0.15, -0.1) is 0 Å². The van der Waals surface area contributed by atoms with E-state index in [2.05, 4.69) is 10.3 Å². The van der Waals surface area contributed by atoms with Crippen LogP contribution >= 0.6 is 0 Å². The number of rotatable bonds is 4. The summed E-state index contributed by atoms with van der Waals surface area (Å²) in [7, 11) is 1.28. The zero-order chi connectivity index (χ0) is 25.7. The van der Waals surface area contributed by atoms with Crippen LogP contribution in [0.2, 0.25) is 0 Å². The Morgan fingerprint density at radius 3 is 2.72 bits per heavy atom. The van der Waals surface area contributed by atoms with Crippen LogP contribution in [0.4, 0.5) is 4.39 Å². The SMILES string of the molecule is [2H]C([2H])([2H])NC(=O)[C@@]1(C)Cn2c(=O)c(C(=O)NC)c(O)c3ncc(Cc4ccc(F)cc4)c(c32)O1. The van der Waals surface area contributed by atoms with Crippen molar-refractivity contribution in [3.05, 3.63) is 63.3 Å². The van der Waals surface area contributed by atoms with E-state index in [9.17, 15) is 23.9 Å². The number of hydrogen-bond donors (Lipinski definition) is 3. The van der Waals surface area contributed by atoms with Gasteiger partial charge in [0, 0.05) is 36.3 Å². The van der Waals surface area contributed by atoms with Gasteiger partial charge in [-0.2, -0.15) is 0 Å². The van der Waals surface area contributed by atoms with E-state index < -0.39 is 53.6 Å². The first-order chi connectivity index (χ1) is 16.3. The van der Waals surface area contributed by atoms with Gasteiger partial charge in [-0.1, -0.05) is 12.1 Å². The molecular formula is C22H21FN4O5. The third-order valence-electron chi connectivity index (χ3n) is 5.41. The highest BCUT2D eigenvalue weighted by atomic mass is 19.1. The summed E-state index contributed by atoms with van der Waals surface area (Å²) in [6.07, 6.45) is 1.50. The van der Waals surface area contributed by atoms with Crippen LogP contribution < -0.4 is 20.9 Å². The molecule has 10 heteroatoms. The molecule has 0 aliphatic carbocycles. The molecule has 0 unspecified atom stereocenters. The number of halogens is 1. The average Bonchev–Trinajstić information content (AvgIpc) is 2.78. The lowest BCUT2D eigenvalue weighted by molar-refractivity contribution is -0.136. The Labute approximate surface area is 186 Å². The fourth-order valence-electron chi connectivity index (χ4n) is 3.75. The lowest BCUT2D eigenvalue weighted by Gasteiger charge is -2.36. The molecule has 9 nitrogen and oxygen atoms in total. The van der Waals surface area contributed by atoms with Crippen LogP contribution in [0.3, 0.4) is 0 Å². The van der Waals surface area contributed by atoms with Crippen molar-refractivity contribution < 1.29 is 27.9 Å². The number of aromatic nitrogens is 2. The molecule has 3 heterocycles. The zero-order valence-corrected chi connectivity index (χ0v) is 17.2. The maximum absolute atomic E-state index is 13.4. The van der Waals surface area contributed by atoms with Gasteiger partial charge in [-0.25, -0.2) is 4.39 Å². The number of carbonyl (C=O) groups is 2. The Bertz CT molecular complexity index is 1420. The summed E-state index contributed by atoms with van der Waals surface area (Å²) >= 11 is 0. The van der Waals surface area contributed by atoms with E-state index in [1.165, 1.54) is 44.4 Å². The number of hydrogen-bond acceptors (Lipinski definition) is 6. The number of pyridine rings is 2. The minimum absolute atomic E-state index is 0.00428. The zero-order valence-electron chi connectivity index (χ0n) is 20.2. The molecule has 32 heavy (non-hydrogen) atoms. The van der Waals surface area contributed by atoms with Gasteiger partial charge in [0.1, 0.15) is 22.4 Å². The highest BCUT2D eigenvalue weighted by Gasteiger charge is 2.42. The molecule has 2 amide bonds. The summed E-state index contributed by atoms with van der Waals surface area (Å²) in [6.45, 7) is -1.96. The fraction of sp³-hybridized carbons (Fsp3) is 0.273. The van der Waals surface area contributed by atoms with Gasteiger partial charge in [0.25, 0.3) is 17.4 Å². The summed E-state index contributed by atoms with van der Waals surface area (Å²) in [5.41, 5.74) is -2.38. The van der Waals surface area contributed by atoms with E-state index in [1.807, 2.05) is 5.32 Å². The second kappa shape index (κ2) is 7.63. The van der Waals surface area contributed by atoms with Gasteiger partial charge in [0.2, 0.25) is 5.60 Å². The Morgan fingerprint density at radius 2 is 2.06 bits per heavy atom. The second-order valence-electron chi connectivity index (χ2n) is 7.59. The van der Waals surface area contributed by atoms with Gasteiger partial charge in [0.15, 0.2) is 11.5 Å². The molecule has 0 fully saturated rings.